The normalized spacial score (nSPS) is 10.5. The summed E-state index contributed by atoms with van der Waals surface area (Å²) in [6, 6.07) is 20.3. The Labute approximate surface area is 158 Å². The summed E-state index contributed by atoms with van der Waals surface area (Å²) in [5, 5.41) is 2.96. The van der Waals surface area contributed by atoms with Crippen molar-refractivity contribution in [1.82, 2.24) is 4.98 Å². The molecule has 0 aliphatic heterocycles. The Morgan fingerprint density at radius 1 is 0.962 bits per heavy atom. The van der Waals surface area contributed by atoms with Crippen LogP contribution in [0.1, 0.15) is 22.3 Å². The third-order valence-electron chi connectivity index (χ3n) is 4.15. The van der Waals surface area contributed by atoms with Crippen LogP contribution in [0.25, 0.3) is 0 Å². The molecule has 3 rings (SSSR count). The molecular weight excluding hydrogens is 340 g/mol. The number of nitrogens with one attached hydrogen (secondary N) is 1. The first-order valence-corrected chi connectivity index (χ1v) is 9.76. The number of hydrogen-bond donors (Lipinski definition) is 1. The van der Waals surface area contributed by atoms with Gasteiger partial charge in [0.15, 0.2) is 0 Å². The molecule has 3 nitrogen and oxygen atoms in total. The number of nitrogens with zero attached hydrogens (tertiary/aromatic N) is 1. The van der Waals surface area contributed by atoms with Gasteiger partial charge >= 0.3 is 0 Å². The highest BCUT2D eigenvalue weighted by Gasteiger charge is 2.05. The van der Waals surface area contributed by atoms with Crippen LogP contribution in [0.4, 0.5) is 5.69 Å². The van der Waals surface area contributed by atoms with E-state index in [-0.39, 0.29) is 5.91 Å². The van der Waals surface area contributed by atoms with Gasteiger partial charge in [0.2, 0.25) is 5.91 Å². The van der Waals surface area contributed by atoms with Crippen LogP contribution >= 0.6 is 11.8 Å². The van der Waals surface area contributed by atoms with Gasteiger partial charge in [-0.2, -0.15) is 0 Å². The second-order valence-electron chi connectivity index (χ2n) is 6.20. The molecule has 1 heterocycles. The minimum Gasteiger partial charge on any atom is -0.325 e. The molecule has 0 bridgehead atoms. The Bertz CT molecular complexity index is 848. The van der Waals surface area contributed by atoms with Crippen LogP contribution in [0.3, 0.4) is 0 Å². The van der Waals surface area contributed by atoms with E-state index in [1.807, 2.05) is 36.4 Å². The van der Waals surface area contributed by atoms with Gasteiger partial charge in [-0.25, -0.2) is 0 Å². The standard InChI is InChI=1S/C22H22N2OS/c1-17-4-2-3-5-20(17)15-26-16-22(25)24-21-8-6-18(7-9-21)14-19-10-12-23-13-11-19/h2-13H,14-16H2,1H3,(H,24,25). The summed E-state index contributed by atoms with van der Waals surface area (Å²) in [6.45, 7) is 2.10. The van der Waals surface area contributed by atoms with Crippen molar-refractivity contribution in [3.63, 3.8) is 0 Å². The second-order valence-corrected chi connectivity index (χ2v) is 7.18. The summed E-state index contributed by atoms with van der Waals surface area (Å²) in [6.07, 6.45) is 4.47. The fourth-order valence-corrected chi connectivity index (χ4v) is 3.57. The summed E-state index contributed by atoms with van der Waals surface area (Å²) < 4.78 is 0. The van der Waals surface area contributed by atoms with E-state index >= 15 is 0 Å². The van der Waals surface area contributed by atoms with E-state index in [2.05, 4.69) is 41.5 Å². The lowest BCUT2D eigenvalue weighted by molar-refractivity contribution is -0.113. The van der Waals surface area contributed by atoms with Crippen LogP contribution in [0.5, 0.6) is 0 Å². The molecule has 132 valence electrons. The molecule has 26 heavy (non-hydrogen) atoms. The molecule has 1 amide bonds. The van der Waals surface area contributed by atoms with E-state index in [0.29, 0.717) is 5.75 Å². The third kappa shape index (κ3) is 5.46. The predicted molar refractivity (Wildman–Crippen MR) is 109 cm³/mol. The number of aryl methyl sites for hydroxylation is 1. The van der Waals surface area contributed by atoms with E-state index in [9.17, 15) is 4.79 Å². The number of rotatable bonds is 7. The van der Waals surface area contributed by atoms with Crippen molar-refractivity contribution in [1.29, 1.82) is 0 Å². The highest BCUT2D eigenvalue weighted by Crippen LogP contribution is 2.17. The Morgan fingerprint density at radius 3 is 2.38 bits per heavy atom. The van der Waals surface area contributed by atoms with Crippen molar-refractivity contribution >= 4 is 23.4 Å². The van der Waals surface area contributed by atoms with Crippen LogP contribution in [0.15, 0.2) is 73.1 Å². The largest absolute Gasteiger partial charge is 0.325 e. The maximum Gasteiger partial charge on any atom is 0.234 e. The topological polar surface area (TPSA) is 42.0 Å². The van der Waals surface area contributed by atoms with E-state index in [1.165, 1.54) is 22.3 Å². The van der Waals surface area contributed by atoms with Crippen molar-refractivity contribution in [2.75, 3.05) is 11.1 Å². The molecule has 0 saturated heterocycles. The fourth-order valence-electron chi connectivity index (χ4n) is 2.67. The SMILES string of the molecule is Cc1ccccc1CSCC(=O)Nc1ccc(Cc2ccncc2)cc1. The molecular formula is C22H22N2OS. The van der Waals surface area contributed by atoms with Crippen molar-refractivity contribution in [3.05, 3.63) is 95.3 Å². The number of anilines is 1. The van der Waals surface area contributed by atoms with Gasteiger partial charge < -0.3 is 5.32 Å². The summed E-state index contributed by atoms with van der Waals surface area (Å²) in [5.41, 5.74) is 5.83. The molecule has 0 unspecified atom stereocenters. The van der Waals surface area contributed by atoms with E-state index in [4.69, 9.17) is 0 Å². The minimum atomic E-state index is 0.0328. The fraction of sp³-hybridized carbons (Fsp3) is 0.182. The van der Waals surface area contributed by atoms with Gasteiger partial charge in [-0.05, 0) is 59.9 Å². The van der Waals surface area contributed by atoms with Crippen molar-refractivity contribution in [2.24, 2.45) is 0 Å². The zero-order valence-corrected chi connectivity index (χ0v) is 15.6. The number of benzene rings is 2. The Kier molecular flexibility index (Phi) is 6.45. The summed E-state index contributed by atoms with van der Waals surface area (Å²) in [5.74, 6) is 1.34. The summed E-state index contributed by atoms with van der Waals surface area (Å²) in [7, 11) is 0. The number of aromatic nitrogens is 1. The lowest BCUT2D eigenvalue weighted by Crippen LogP contribution is -2.14. The maximum absolute atomic E-state index is 12.1. The quantitative estimate of drug-likeness (QED) is 0.653. The molecule has 0 saturated carbocycles. The van der Waals surface area contributed by atoms with Crippen LogP contribution in [-0.2, 0) is 17.0 Å². The molecule has 0 aliphatic rings. The van der Waals surface area contributed by atoms with Gasteiger partial charge in [0.1, 0.15) is 0 Å². The van der Waals surface area contributed by atoms with Gasteiger partial charge in [0.05, 0.1) is 5.75 Å². The van der Waals surface area contributed by atoms with Crippen LogP contribution in [0.2, 0.25) is 0 Å². The van der Waals surface area contributed by atoms with Crippen LogP contribution in [0, 0.1) is 6.92 Å². The van der Waals surface area contributed by atoms with Crippen molar-refractivity contribution < 1.29 is 4.79 Å². The number of hydrogen-bond acceptors (Lipinski definition) is 3. The monoisotopic (exact) mass is 362 g/mol. The molecule has 4 heteroatoms. The highest BCUT2D eigenvalue weighted by atomic mass is 32.2. The molecule has 1 aromatic heterocycles. The first kappa shape index (κ1) is 18.2. The minimum absolute atomic E-state index is 0.0328. The van der Waals surface area contributed by atoms with Crippen molar-refractivity contribution in [3.8, 4) is 0 Å². The Balaban J connectivity index is 1.46. The van der Waals surface area contributed by atoms with E-state index in [0.717, 1.165) is 17.9 Å². The van der Waals surface area contributed by atoms with E-state index < -0.39 is 0 Å². The van der Waals surface area contributed by atoms with Gasteiger partial charge in [0.25, 0.3) is 0 Å². The molecule has 0 atom stereocenters. The number of carbonyl (C=O) groups excluding carboxylic acids is 1. The molecule has 2 aromatic carbocycles. The molecule has 3 aromatic rings. The lowest BCUT2D eigenvalue weighted by atomic mass is 10.1. The average molecular weight is 362 g/mol. The summed E-state index contributed by atoms with van der Waals surface area (Å²) >= 11 is 1.63. The van der Waals surface area contributed by atoms with Gasteiger partial charge in [-0.1, -0.05) is 36.4 Å². The van der Waals surface area contributed by atoms with Crippen molar-refractivity contribution in [2.45, 2.75) is 19.1 Å². The average Bonchev–Trinajstić information content (AvgIpc) is 2.66. The predicted octanol–water partition coefficient (Wildman–Crippen LogP) is 4.85. The van der Waals surface area contributed by atoms with Crippen LogP contribution in [-0.4, -0.2) is 16.6 Å². The molecule has 0 radical (unpaired) electrons. The molecule has 0 fully saturated rings. The highest BCUT2D eigenvalue weighted by molar-refractivity contribution is 7.99. The first-order chi connectivity index (χ1) is 12.7. The first-order valence-electron chi connectivity index (χ1n) is 8.60. The molecule has 0 aliphatic carbocycles. The second kappa shape index (κ2) is 9.20. The lowest BCUT2D eigenvalue weighted by Gasteiger charge is -2.08. The number of thioether (sulfide) groups is 1. The van der Waals surface area contributed by atoms with E-state index in [1.54, 1.807) is 24.2 Å². The zero-order chi connectivity index (χ0) is 18.2. The third-order valence-corrected chi connectivity index (χ3v) is 5.13. The smallest absolute Gasteiger partial charge is 0.234 e. The van der Waals surface area contributed by atoms with Gasteiger partial charge in [-0.15, -0.1) is 11.8 Å². The number of pyridine rings is 1. The van der Waals surface area contributed by atoms with Gasteiger partial charge in [-0.3, -0.25) is 9.78 Å². The maximum atomic E-state index is 12.1. The van der Waals surface area contributed by atoms with Gasteiger partial charge in [0, 0.05) is 23.8 Å². The Morgan fingerprint density at radius 2 is 1.65 bits per heavy atom. The molecule has 1 N–H and O–H groups in total. The summed E-state index contributed by atoms with van der Waals surface area (Å²) in [4.78, 5) is 16.2. The van der Waals surface area contributed by atoms with Crippen LogP contribution < -0.4 is 5.32 Å². The Hall–Kier alpha value is -2.59. The number of amides is 1. The number of carbonyl (C=O) groups is 1. The zero-order valence-electron chi connectivity index (χ0n) is 14.8. The molecule has 0 spiro atoms.